The largest absolute Gasteiger partial charge is 0.573 e. The molecular formula is C14H8ClF3N2O4. The van der Waals surface area contributed by atoms with E-state index < -0.39 is 28.6 Å². The summed E-state index contributed by atoms with van der Waals surface area (Å²) in [5, 5.41) is 13.1. The molecule has 0 aromatic heterocycles. The van der Waals surface area contributed by atoms with Crippen LogP contribution in [0.25, 0.3) is 0 Å². The summed E-state index contributed by atoms with van der Waals surface area (Å²) in [5.74, 6) is -1.12. The van der Waals surface area contributed by atoms with Gasteiger partial charge in [-0.3, -0.25) is 14.9 Å². The Morgan fingerprint density at radius 2 is 1.79 bits per heavy atom. The van der Waals surface area contributed by atoms with Gasteiger partial charge in [0.1, 0.15) is 10.8 Å². The molecule has 24 heavy (non-hydrogen) atoms. The molecule has 0 spiro atoms. The molecule has 2 rings (SSSR count). The fraction of sp³-hybridized carbons (Fsp3) is 0.0714. The van der Waals surface area contributed by atoms with Gasteiger partial charge in [0.05, 0.1) is 4.92 Å². The molecule has 0 aliphatic carbocycles. The normalized spacial score (nSPS) is 11.0. The number of hydrogen-bond donors (Lipinski definition) is 1. The van der Waals surface area contributed by atoms with Crippen molar-refractivity contribution in [2.75, 3.05) is 5.32 Å². The average molecular weight is 361 g/mol. The van der Waals surface area contributed by atoms with E-state index in [0.29, 0.717) is 0 Å². The molecule has 0 saturated carbocycles. The summed E-state index contributed by atoms with van der Waals surface area (Å²) in [5.41, 5.74) is -0.271. The SMILES string of the molecule is O=C(Nc1ccc(OC(F)(F)F)cc1)c1ccc(Cl)c([N+](=O)[O-])c1. The van der Waals surface area contributed by atoms with Gasteiger partial charge in [0.2, 0.25) is 0 Å². The molecule has 0 aliphatic heterocycles. The molecule has 0 radical (unpaired) electrons. The quantitative estimate of drug-likeness (QED) is 0.647. The Morgan fingerprint density at radius 3 is 2.33 bits per heavy atom. The van der Waals surface area contributed by atoms with Crippen molar-refractivity contribution in [2.45, 2.75) is 6.36 Å². The Bertz CT molecular complexity index is 779. The Kier molecular flexibility index (Phi) is 4.93. The number of benzene rings is 2. The zero-order valence-electron chi connectivity index (χ0n) is 11.6. The molecule has 0 heterocycles. The van der Waals surface area contributed by atoms with Crippen molar-refractivity contribution in [3.05, 3.63) is 63.2 Å². The van der Waals surface area contributed by atoms with Gasteiger partial charge in [-0.2, -0.15) is 0 Å². The molecule has 2 aromatic carbocycles. The van der Waals surface area contributed by atoms with Gasteiger partial charge in [-0.25, -0.2) is 0 Å². The number of rotatable bonds is 4. The smallest absolute Gasteiger partial charge is 0.406 e. The summed E-state index contributed by atoms with van der Waals surface area (Å²) in [6.07, 6.45) is -4.81. The van der Waals surface area contributed by atoms with Gasteiger partial charge < -0.3 is 10.1 Å². The van der Waals surface area contributed by atoms with Crippen LogP contribution in [0.2, 0.25) is 5.02 Å². The van der Waals surface area contributed by atoms with Gasteiger partial charge in [-0.05, 0) is 36.4 Å². The highest BCUT2D eigenvalue weighted by atomic mass is 35.5. The minimum Gasteiger partial charge on any atom is -0.406 e. The van der Waals surface area contributed by atoms with E-state index in [1.807, 2.05) is 0 Å². The number of halogens is 4. The summed E-state index contributed by atoms with van der Waals surface area (Å²) >= 11 is 5.65. The van der Waals surface area contributed by atoms with Crippen LogP contribution in [-0.4, -0.2) is 17.2 Å². The number of nitrogens with one attached hydrogen (secondary N) is 1. The Hall–Kier alpha value is -2.81. The predicted molar refractivity (Wildman–Crippen MR) is 79.2 cm³/mol. The van der Waals surface area contributed by atoms with E-state index >= 15 is 0 Å². The maximum atomic E-state index is 12.1. The second kappa shape index (κ2) is 6.75. The Morgan fingerprint density at radius 1 is 1.17 bits per heavy atom. The molecule has 0 fully saturated rings. The molecule has 1 amide bonds. The van der Waals surface area contributed by atoms with Crippen LogP contribution in [0, 0.1) is 10.1 Å². The number of carbonyl (C=O) groups excluding carboxylic acids is 1. The van der Waals surface area contributed by atoms with Crippen LogP contribution in [0.3, 0.4) is 0 Å². The number of nitrogens with zero attached hydrogens (tertiary/aromatic N) is 1. The number of nitro benzene ring substituents is 1. The van der Waals surface area contributed by atoms with E-state index in [2.05, 4.69) is 10.1 Å². The van der Waals surface area contributed by atoms with Crippen LogP contribution in [0.15, 0.2) is 42.5 Å². The first kappa shape index (κ1) is 17.5. The number of hydrogen-bond acceptors (Lipinski definition) is 4. The summed E-state index contributed by atoms with van der Waals surface area (Å²) in [7, 11) is 0. The molecule has 0 saturated heterocycles. The third-order valence-electron chi connectivity index (χ3n) is 2.75. The topological polar surface area (TPSA) is 81.5 Å². The lowest BCUT2D eigenvalue weighted by molar-refractivity contribution is -0.384. The fourth-order valence-electron chi connectivity index (χ4n) is 1.74. The van der Waals surface area contributed by atoms with Crippen molar-refractivity contribution in [3.8, 4) is 5.75 Å². The van der Waals surface area contributed by atoms with E-state index in [1.54, 1.807) is 0 Å². The summed E-state index contributed by atoms with van der Waals surface area (Å²) < 4.78 is 39.9. The van der Waals surface area contributed by atoms with Crippen molar-refractivity contribution in [1.82, 2.24) is 0 Å². The minimum absolute atomic E-state index is 0.0262. The monoisotopic (exact) mass is 360 g/mol. The van der Waals surface area contributed by atoms with Crippen molar-refractivity contribution < 1.29 is 27.6 Å². The molecule has 1 N–H and O–H groups in total. The van der Waals surface area contributed by atoms with Crippen LogP contribution in [0.4, 0.5) is 24.5 Å². The standard InChI is InChI=1S/C14H8ClF3N2O4/c15-11-6-1-8(7-12(11)20(22)23)13(21)19-9-2-4-10(5-3-9)24-14(16,17)18/h1-7H,(H,19,21). The van der Waals surface area contributed by atoms with Crippen molar-refractivity contribution in [2.24, 2.45) is 0 Å². The summed E-state index contributed by atoms with van der Waals surface area (Å²) in [4.78, 5) is 22.1. The van der Waals surface area contributed by atoms with Crippen molar-refractivity contribution in [1.29, 1.82) is 0 Å². The van der Waals surface area contributed by atoms with Gasteiger partial charge in [-0.1, -0.05) is 11.6 Å². The Balaban J connectivity index is 2.12. The third kappa shape index (κ3) is 4.59. The summed E-state index contributed by atoms with van der Waals surface area (Å²) in [6, 6.07) is 7.92. The molecule has 0 aliphatic rings. The van der Waals surface area contributed by atoms with Crippen LogP contribution in [0.5, 0.6) is 5.75 Å². The first-order chi connectivity index (χ1) is 11.2. The predicted octanol–water partition coefficient (Wildman–Crippen LogP) is 4.40. The second-order valence-electron chi connectivity index (χ2n) is 4.45. The van der Waals surface area contributed by atoms with E-state index in [1.165, 1.54) is 24.3 Å². The highest BCUT2D eigenvalue weighted by molar-refractivity contribution is 6.32. The lowest BCUT2D eigenvalue weighted by Crippen LogP contribution is -2.17. The maximum absolute atomic E-state index is 12.1. The lowest BCUT2D eigenvalue weighted by Gasteiger charge is -2.10. The highest BCUT2D eigenvalue weighted by Gasteiger charge is 2.31. The zero-order valence-corrected chi connectivity index (χ0v) is 12.4. The van der Waals surface area contributed by atoms with Crippen LogP contribution in [0.1, 0.15) is 10.4 Å². The number of amides is 1. The lowest BCUT2D eigenvalue weighted by atomic mass is 10.2. The fourth-order valence-corrected chi connectivity index (χ4v) is 1.92. The highest BCUT2D eigenvalue weighted by Crippen LogP contribution is 2.26. The van der Waals surface area contributed by atoms with E-state index in [9.17, 15) is 28.1 Å². The van der Waals surface area contributed by atoms with Crippen LogP contribution in [-0.2, 0) is 0 Å². The second-order valence-corrected chi connectivity index (χ2v) is 4.86. The van der Waals surface area contributed by atoms with Crippen molar-refractivity contribution >= 4 is 28.9 Å². The number of nitro groups is 1. The number of ether oxygens (including phenoxy) is 1. The molecule has 10 heteroatoms. The molecule has 126 valence electrons. The number of alkyl halides is 3. The van der Waals surface area contributed by atoms with Gasteiger partial charge in [0, 0.05) is 17.3 Å². The van der Waals surface area contributed by atoms with Crippen LogP contribution < -0.4 is 10.1 Å². The molecule has 6 nitrogen and oxygen atoms in total. The van der Waals surface area contributed by atoms with E-state index in [-0.39, 0.29) is 16.3 Å². The molecule has 2 aromatic rings. The van der Waals surface area contributed by atoms with E-state index in [0.717, 1.165) is 18.2 Å². The average Bonchev–Trinajstić information content (AvgIpc) is 2.48. The number of carbonyl (C=O) groups is 1. The van der Waals surface area contributed by atoms with Gasteiger partial charge in [0.15, 0.2) is 0 Å². The summed E-state index contributed by atoms with van der Waals surface area (Å²) in [6.45, 7) is 0. The minimum atomic E-state index is -4.81. The third-order valence-corrected chi connectivity index (χ3v) is 3.07. The number of anilines is 1. The molecule has 0 unspecified atom stereocenters. The molecule has 0 bridgehead atoms. The van der Waals surface area contributed by atoms with Crippen molar-refractivity contribution in [3.63, 3.8) is 0 Å². The first-order valence-corrected chi connectivity index (χ1v) is 6.64. The molecular weight excluding hydrogens is 353 g/mol. The van der Waals surface area contributed by atoms with Gasteiger partial charge in [0.25, 0.3) is 11.6 Å². The Labute approximate surface area is 137 Å². The molecule has 0 atom stereocenters. The van der Waals surface area contributed by atoms with E-state index in [4.69, 9.17) is 11.6 Å². The zero-order chi connectivity index (χ0) is 17.9. The maximum Gasteiger partial charge on any atom is 0.573 e. The first-order valence-electron chi connectivity index (χ1n) is 6.27. The van der Waals surface area contributed by atoms with Gasteiger partial charge >= 0.3 is 6.36 Å². The van der Waals surface area contributed by atoms with Crippen LogP contribution >= 0.6 is 11.6 Å². The van der Waals surface area contributed by atoms with Gasteiger partial charge in [-0.15, -0.1) is 13.2 Å².